The molecule has 3 heteroatoms. The summed E-state index contributed by atoms with van der Waals surface area (Å²) in [4.78, 5) is 9.65. The fourth-order valence-corrected chi connectivity index (χ4v) is 0.998. The Labute approximate surface area is 73.3 Å². The second-order valence-corrected chi connectivity index (χ2v) is 2.78. The van der Waals surface area contributed by atoms with Crippen LogP contribution in [0.2, 0.25) is 0 Å². The molecule has 0 spiro atoms. The van der Waals surface area contributed by atoms with Crippen molar-refractivity contribution in [2.75, 3.05) is 6.54 Å². The Kier molecular flexibility index (Phi) is 7.36. The van der Waals surface area contributed by atoms with Gasteiger partial charge in [0.25, 0.3) is 0 Å². The van der Waals surface area contributed by atoms with E-state index in [1.807, 2.05) is 0 Å². The van der Waals surface area contributed by atoms with Crippen LogP contribution in [0.4, 0.5) is 0 Å². The van der Waals surface area contributed by atoms with Crippen molar-refractivity contribution in [3.63, 3.8) is 0 Å². The molecular formula is C9H15NO2. The molecule has 0 aliphatic heterocycles. The number of nitro groups is 1. The zero-order valence-electron chi connectivity index (χ0n) is 7.29. The zero-order valence-corrected chi connectivity index (χ0v) is 7.29. The second kappa shape index (κ2) is 8.06. The number of hydrogen-bond acceptors (Lipinski definition) is 2. The molecule has 0 aliphatic rings. The van der Waals surface area contributed by atoms with E-state index < -0.39 is 0 Å². The first kappa shape index (κ1) is 11.0. The average molecular weight is 169 g/mol. The SMILES string of the molecule is C#CCCCCCCC[N+](=O)[O-]. The van der Waals surface area contributed by atoms with Gasteiger partial charge >= 0.3 is 0 Å². The fourth-order valence-electron chi connectivity index (χ4n) is 0.998. The summed E-state index contributed by atoms with van der Waals surface area (Å²) in [5, 5.41) is 9.91. The molecule has 0 N–H and O–H groups in total. The van der Waals surface area contributed by atoms with Crippen molar-refractivity contribution in [1.29, 1.82) is 0 Å². The van der Waals surface area contributed by atoms with Crippen molar-refractivity contribution >= 4 is 0 Å². The van der Waals surface area contributed by atoms with E-state index in [1.165, 1.54) is 0 Å². The van der Waals surface area contributed by atoms with Crippen molar-refractivity contribution in [3.8, 4) is 12.3 Å². The van der Waals surface area contributed by atoms with Crippen LogP contribution in [0.1, 0.15) is 38.5 Å². The van der Waals surface area contributed by atoms with Gasteiger partial charge in [-0.1, -0.05) is 12.8 Å². The van der Waals surface area contributed by atoms with Gasteiger partial charge in [0, 0.05) is 17.8 Å². The van der Waals surface area contributed by atoms with Crippen molar-refractivity contribution < 1.29 is 4.92 Å². The molecular weight excluding hydrogens is 154 g/mol. The van der Waals surface area contributed by atoms with Crippen molar-refractivity contribution in [3.05, 3.63) is 10.1 Å². The molecule has 0 saturated carbocycles. The van der Waals surface area contributed by atoms with E-state index in [0.717, 1.165) is 32.1 Å². The number of rotatable bonds is 7. The Morgan fingerprint density at radius 3 is 2.33 bits per heavy atom. The lowest BCUT2D eigenvalue weighted by Crippen LogP contribution is -1.99. The van der Waals surface area contributed by atoms with Crippen LogP contribution in [0.3, 0.4) is 0 Å². The largest absolute Gasteiger partial charge is 0.265 e. The lowest BCUT2D eigenvalue weighted by atomic mass is 10.1. The number of terminal acetylenes is 1. The van der Waals surface area contributed by atoms with Crippen LogP contribution in [0.5, 0.6) is 0 Å². The van der Waals surface area contributed by atoms with E-state index in [0.29, 0.717) is 6.42 Å². The Hall–Kier alpha value is -1.04. The van der Waals surface area contributed by atoms with Gasteiger partial charge in [-0.3, -0.25) is 10.1 Å². The zero-order chi connectivity index (χ0) is 9.23. The van der Waals surface area contributed by atoms with Gasteiger partial charge in [-0.05, 0) is 12.8 Å². The molecule has 0 aliphatic carbocycles. The Bertz CT molecular complexity index is 160. The third-order valence-corrected chi connectivity index (χ3v) is 1.66. The third-order valence-electron chi connectivity index (χ3n) is 1.66. The molecule has 12 heavy (non-hydrogen) atoms. The first-order valence-electron chi connectivity index (χ1n) is 4.32. The highest BCUT2D eigenvalue weighted by Gasteiger charge is 1.95. The minimum absolute atomic E-state index is 0.106. The highest BCUT2D eigenvalue weighted by Crippen LogP contribution is 2.04. The number of unbranched alkanes of at least 4 members (excludes halogenated alkanes) is 5. The minimum Gasteiger partial charge on any atom is -0.265 e. The molecule has 0 radical (unpaired) electrons. The molecule has 0 saturated heterocycles. The Morgan fingerprint density at radius 1 is 1.17 bits per heavy atom. The molecule has 0 heterocycles. The molecule has 0 rings (SSSR count). The van der Waals surface area contributed by atoms with Gasteiger partial charge in [0.05, 0.1) is 0 Å². The van der Waals surface area contributed by atoms with E-state index in [4.69, 9.17) is 6.42 Å². The van der Waals surface area contributed by atoms with Gasteiger partial charge in [0.2, 0.25) is 6.54 Å². The summed E-state index contributed by atoms with van der Waals surface area (Å²) >= 11 is 0. The maximum Gasteiger partial charge on any atom is 0.203 e. The summed E-state index contributed by atoms with van der Waals surface area (Å²) in [5.41, 5.74) is 0. The average Bonchev–Trinajstić information content (AvgIpc) is 2.02. The molecule has 0 aromatic heterocycles. The van der Waals surface area contributed by atoms with E-state index in [2.05, 4.69) is 5.92 Å². The number of nitrogens with zero attached hydrogens (tertiary/aromatic N) is 1. The van der Waals surface area contributed by atoms with Crippen LogP contribution < -0.4 is 0 Å². The van der Waals surface area contributed by atoms with Gasteiger partial charge in [-0.15, -0.1) is 12.3 Å². The quantitative estimate of drug-likeness (QED) is 0.254. The van der Waals surface area contributed by atoms with Crippen LogP contribution in [-0.2, 0) is 0 Å². The van der Waals surface area contributed by atoms with E-state index >= 15 is 0 Å². The van der Waals surface area contributed by atoms with Crippen molar-refractivity contribution in [2.24, 2.45) is 0 Å². The molecule has 0 aromatic rings. The van der Waals surface area contributed by atoms with E-state index in [-0.39, 0.29) is 11.5 Å². The molecule has 68 valence electrons. The molecule has 0 amide bonds. The molecule has 0 bridgehead atoms. The molecule has 3 nitrogen and oxygen atoms in total. The smallest absolute Gasteiger partial charge is 0.203 e. The normalized spacial score (nSPS) is 9.25. The first-order valence-corrected chi connectivity index (χ1v) is 4.32. The fraction of sp³-hybridized carbons (Fsp3) is 0.778. The van der Waals surface area contributed by atoms with Crippen LogP contribution in [0, 0.1) is 22.5 Å². The predicted molar refractivity (Wildman–Crippen MR) is 48.4 cm³/mol. The third kappa shape index (κ3) is 8.96. The second-order valence-electron chi connectivity index (χ2n) is 2.78. The first-order chi connectivity index (χ1) is 5.77. The lowest BCUT2D eigenvalue weighted by Gasteiger charge is -1.95. The van der Waals surface area contributed by atoms with E-state index in [9.17, 15) is 10.1 Å². The number of hydrogen-bond donors (Lipinski definition) is 0. The molecule has 0 atom stereocenters. The highest BCUT2D eigenvalue weighted by molar-refractivity contribution is 4.82. The van der Waals surface area contributed by atoms with Gasteiger partial charge < -0.3 is 0 Å². The lowest BCUT2D eigenvalue weighted by molar-refractivity contribution is -0.480. The summed E-state index contributed by atoms with van der Waals surface area (Å²) in [6, 6.07) is 0. The van der Waals surface area contributed by atoms with Crippen molar-refractivity contribution in [1.82, 2.24) is 0 Å². The van der Waals surface area contributed by atoms with Gasteiger partial charge in [0.1, 0.15) is 0 Å². The highest BCUT2D eigenvalue weighted by atomic mass is 16.6. The van der Waals surface area contributed by atoms with Gasteiger partial charge in [0.15, 0.2) is 0 Å². The van der Waals surface area contributed by atoms with Crippen molar-refractivity contribution in [2.45, 2.75) is 38.5 Å². The minimum atomic E-state index is -0.262. The molecule has 0 aromatic carbocycles. The standard InChI is InChI=1S/C9H15NO2/c1-2-3-4-5-6-7-8-9-10(11)12/h1H,3-9H2. The Balaban J connectivity index is 2.92. The topological polar surface area (TPSA) is 43.1 Å². The summed E-state index contributed by atoms with van der Waals surface area (Å²) in [5.74, 6) is 2.57. The van der Waals surface area contributed by atoms with Gasteiger partial charge in [-0.2, -0.15) is 0 Å². The summed E-state index contributed by atoms with van der Waals surface area (Å²) in [7, 11) is 0. The van der Waals surface area contributed by atoms with Crippen LogP contribution in [0.25, 0.3) is 0 Å². The van der Waals surface area contributed by atoms with Gasteiger partial charge in [-0.25, -0.2) is 0 Å². The predicted octanol–water partition coefficient (Wildman–Crippen LogP) is 2.24. The monoisotopic (exact) mass is 169 g/mol. The maximum absolute atomic E-state index is 9.91. The van der Waals surface area contributed by atoms with Crippen LogP contribution in [0.15, 0.2) is 0 Å². The maximum atomic E-state index is 9.91. The molecule has 0 fully saturated rings. The Morgan fingerprint density at radius 2 is 1.75 bits per heavy atom. The molecule has 0 unspecified atom stereocenters. The summed E-state index contributed by atoms with van der Waals surface area (Å²) < 4.78 is 0. The van der Waals surface area contributed by atoms with E-state index in [1.54, 1.807) is 0 Å². The van der Waals surface area contributed by atoms with Crippen LogP contribution >= 0.6 is 0 Å². The van der Waals surface area contributed by atoms with Crippen LogP contribution in [-0.4, -0.2) is 11.5 Å². The summed E-state index contributed by atoms with van der Waals surface area (Å²) in [6.45, 7) is 0.106. The summed E-state index contributed by atoms with van der Waals surface area (Å²) in [6.07, 6.45) is 10.8.